The van der Waals surface area contributed by atoms with Crippen molar-refractivity contribution in [2.24, 2.45) is 17.3 Å². The van der Waals surface area contributed by atoms with Crippen LogP contribution >= 0.6 is 67.8 Å². The maximum atomic E-state index is 14.3. The van der Waals surface area contributed by atoms with Crippen LogP contribution < -0.4 is 4.74 Å². The normalized spacial score (nSPS) is 28.3. The average molecular weight is 958 g/mol. The van der Waals surface area contributed by atoms with E-state index in [0.717, 1.165) is 62.1 Å². The number of halogens is 3. The molecule has 4 bridgehead atoms. The molecule has 0 radical (unpaired) electrons. The number of benzene rings is 2. The van der Waals surface area contributed by atoms with Crippen LogP contribution in [-0.4, -0.2) is 30.5 Å². The summed E-state index contributed by atoms with van der Waals surface area (Å²) in [5.74, 6) is 0.113. The fourth-order valence-corrected chi connectivity index (χ4v) is 12.0. The van der Waals surface area contributed by atoms with E-state index in [4.69, 9.17) is 9.47 Å². The molecular formula is C33H37I3O7S. The van der Waals surface area contributed by atoms with Crippen molar-refractivity contribution in [3.8, 4) is 5.75 Å². The van der Waals surface area contributed by atoms with E-state index in [9.17, 15) is 22.6 Å². The van der Waals surface area contributed by atoms with Crippen molar-refractivity contribution in [1.29, 1.82) is 0 Å². The number of rotatable bonds is 7. The molecular weight excluding hydrogens is 921 g/mol. The van der Waals surface area contributed by atoms with Gasteiger partial charge in [0.05, 0.1) is 15.9 Å². The Kier molecular flexibility index (Phi) is 9.48. The van der Waals surface area contributed by atoms with Gasteiger partial charge in [0.25, 0.3) is 10.1 Å². The highest BCUT2D eigenvalue weighted by Gasteiger charge is 2.63. The molecule has 0 amide bonds. The molecule has 0 saturated heterocycles. The highest BCUT2D eigenvalue weighted by Crippen LogP contribution is 2.63. The Labute approximate surface area is 300 Å². The third kappa shape index (κ3) is 6.47. The Morgan fingerprint density at radius 3 is 2.23 bits per heavy atom. The second-order valence-electron chi connectivity index (χ2n) is 13.8. The van der Waals surface area contributed by atoms with E-state index in [2.05, 4.69) is 67.8 Å². The van der Waals surface area contributed by atoms with E-state index in [1.54, 1.807) is 6.07 Å². The van der Waals surface area contributed by atoms with Crippen molar-refractivity contribution in [3.05, 3.63) is 51.7 Å². The Bertz CT molecular complexity index is 1600. The molecule has 0 aliphatic heterocycles. The molecule has 5 aliphatic rings. The molecule has 44 heavy (non-hydrogen) atoms. The van der Waals surface area contributed by atoms with Gasteiger partial charge in [-0.2, -0.15) is 8.42 Å². The molecule has 5 aliphatic carbocycles. The number of hydrogen-bond acceptors (Lipinski definition) is 6. The lowest BCUT2D eigenvalue weighted by molar-refractivity contribution is -0.189. The van der Waals surface area contributed by atoms with Crippen molar-refractivity contribution in [2.75, 3.05) is 0 Å². The third-order valence-electron chi connectivity index (χ3n) is 10.3. The summed E-state index contributed by atoms with van der Waals surface area (Å²) in [7, 11) is -4.46. The van der Waals surface area contributed by atoms with E-state index >= 15 is 0 Å². The summed E-state index contributed by atoms with van der Waals surface area (Å²) in [4.78, 5) is 27.9. The predicted molar refractivity (Wildman–Crippen MR) is 192 cm³/mol. The van der Waals surface area contributed by atoms with Crippen molar-refractivity contribution < 1.29 is 32.0 Å². The lowest BCUT2D eigenvalue weighted by atomic mass is 9.48. The lowest BCUT2D eigenvalue weighted by Crippen LogP contribution is -2.60. The first-order chi connectivity index (χ1) is 20.7. The van der Waals surface area contributed by atoms with Crippen LogP contribution in [-0.2, 0) is 19.6 Å². The largest absolute Gasteiger partial charge is 0.455 e. The van der Waals surface area contributed by atoms with Gasteiger partial charge in [0, 0.05) is 17.1 Å². The zero-order valence-electron chi connectivity index (χ0n) is 24.8. The molecule has 1 N–H and O–H groups in total. The Morgan fingerprint density at radius 2 is 1.61 bits per heavy atom. The second kappa shape index (κ2) is 12.5. The zero-order valence-corrected chi connectivity index (χ0v) is 32.1. The zero-order chi connectivity index (χ0) is 31.6. The standard InChI is InChI=1S/C33H37I3O7S/c1-18(2)23-12-28(44(39,40)41)24(21-6-4-3-5-7-21)11-27(23)42-31(38)32-13-19-8-20(14-32)16-33(15-19,17-32)43-30(37)25-9-22(34)10-26(35)29(25)36/h9-12,18-21H,3-8,13-17H2,1-2H3,(H,39,40,41). The molecule has 2 unspecified atom stereocenters. The van der Waals surface area contributed by atoms with E-state index in [0.29, 0.717) is 41.7 Å². The van der Waals surface area contributed by atoms with Gasteiger partial charge >= 0.3 is 11.9 Å². The average Bonchev–Trinajstić information content (AvgIpc) is 2.93. The minimum absolute atomic E-state index is 0.0199. The number of carbonyl (C=O) groups is 2. The van der Waals surface area contributed by atoms with Gasteiger partial charge in [-0.15, -0.1) is 0 Å². The first-order valence-electron chi connectivity index (χ1n) is 15.4. The van der Waals surface area contributed by atoms with Crippen LogP contribution in [0.25, 0.3) is 0 Å². The molecule has 2 atom stereocenters. The summed E-state index contributed by atoms with van der Waals surface area (Å²) in [6.45, 7) is 3.85. The number of esters is 2. The summed E-state index contributed by atoms with van der Waals surface area (Å²) in [5, 5.41) is 0. The fraction of sp³-hybridized carbons (Fsp3) is 0.576. The van der Waals surface area contributed by atoms with Crippen LogP contribution in [0.4, 0.5) is 0 Å². The summed E-state index contributed by atoms with van der Waals surface area (Å²) >= 11 is 6.66. The molecule has 5 fully saturated rings. The van der Waals surface area contributed by atoms with Gasteiger partial charge in [-0.1, -0.05) is 33.1 Å². The van der Waals surface area contributed by atoms with Gasteiger partial charge < -0.3 is 9.47 Å². The maximum Gasteiger partial charge on any atom is 0.339 e. The third-order valence-corrected chi connectivity index (χ3v) is 14.8. The number of carbonyl (C=O) groups excluding carboxylic acids is 2. The molecule has 0 aromatic heterocycles. The van der Waals surface area contributed by atoms with Crippen LogP contribution in [0, 0.1) is 28.0 Å². The molecule has 2 aromatic carbocycles. The number of ether oxygens (including phenoxy) is 2. The minimum Gasteiger partial charge on any atom is -0.455 e. The molecule has 2 aromatic rings. The van der Waals surface area contributed by atoms with Crippen LogP contribution in [0.2, 0.25) is 0 Å². The molecule has 7 rings (SSSR count). The first-order valence-corrected chi connectivity index (χ1v) is 20.1. The second-order valence-corrected chi connectivity index (χ2v) is 18.7. The van der Waals surface area contributed by atoms with Gasteiger partial charge in [-0.05, 0) is 172 Å². The Hall–Kier alpha value is -0.520. The highest BCUT2D eigenvalue weighted by molar-refractivity contribution is 14.1. The smallest absolute Gasteiger partial charge is 0.339 e. The molecule has 0 heterocycles. The van der Waals surface area contributed by atoms with E-state index in [-0.39, 0.29) is 40.5 Å². The van der Waals surface area contributed by atoms with Gasteiger partial charge in [0.15, 0.2) is 0 Å². The monoisotopic (exact) mass is 958 g/mol. The van der Waals surface area contributed by atoms with Crippen LogP contribution in [0.15, 0.2) is 29.2 Å². The van der Waals surface area contributed by atoms with Crippen LogP contribution in [0.5, 0.6) is 5.75 Å². The van der Waals surface area contributed by atoms with Gasteiger partial charge in [-0.3, -0.25) is 9.35 Å². The van der Waals surface area contributed by atoms with Crippen molar-refractivity contribution in [3.63, 3.8) is 0 Å². The fourth-order valence-electron chi connectivity index (χ4n) is 8.79. The van der Waals surface area contributed by atoms with Gasteiger partial charge in [-0.25, -0.2) is 4.79 Å². The summed E-state index contributed by atoms with van der Waals surface area (Å²) < 4.78 is 50.8. The lowest BCUT2D eigenvalue weighted by Gasteiger charge is -2.59. The van der Waals surface area contributed by atoms with Crippen molar-refractivity contribution in [2.45, 2.75) is 107 Å². The number of hydrogen-bond donors (Lipinski definition) is 1. The van der Waals surface area contributed by atoms with Crippen LogP contribution in [0.1, 0.15) is 118 Å². The summed E-state index contributed by atoms with van der Waals surface area (Å²) in [5.41, 5.74) is 0.207. The quantitative estimate of drug-likeness (QED) is 0.0972. The molecule has 11 heteroatoms. The van der Waals surface area contributed by atoms with Crippen molar-refractivity contribution >= 4 is 89.8 Å². The first kappa shape index (κ1) is 33.4. The summed E-state index contributed by atoms with van der Waals surface area (Å²) in [6, 6.07) is 7.12. The molecule has 5 saturated carbocycles. The van der Waals surface area contributed by atoms with Gasteiger partial charge in [0.2, 0.25) is 0 Å². The highest BCUT2D eigenvalue weighted by atomic mass is 127. The van der Waals surface area contributed by atoms with E-state index < -0.39 is 21.1 Å². The van der Waals surface area contributed by atoms with Crippen LogP contribution in [0.3, 0.4) is 0 Å². The summed E-state index contributed by atoms with van der Waals surface area (Å²) in [6.07, 6.45) is 9.13. The molecule has 238 valence electrons. The maximum absolute atomic E-state index is 14.3. The molecule has 0 spiro atoms. The predicted octanol–water partition coefficient (Wildman–Crippen LogP) is 9.02. The van der Waals surface area contributed by atoms with Gasteiger partial charge in [0.1, 0.15) is 11.4 Å². The topological polar surface area (TPSA) is 107 Å². The minimum atomic E-state index is -4.46. The van der Waals surface area contributed by atoms with Crippen molar-refractivity contribution in [1.82, 2.24) is 0 Å². The Morgan fingerprint density at radius 1 is 0.955 bits per heavy atom. The Balaban J connectivity index is 1.32. The SMILES string of the molecule is CC(C)c1cc(S(=O)(=O)O)c(C2CCCCC2)cc1OC(=O)C12CC3CC(CC(OC(=O)c4cc(I)cc(I)c4I)(C3)C1)C2. The van der Waals surface area contributed by atoms with E-state index in [1.165, 1.54) is 6.07 Å². The molecule has 7 nitrogen and oxygen atoms in total. The van der Waals surface area contributed by atoms with E-state index in [1.807, 2.05) is 26.0 Å².